The molecule has 4 heteroatoms. The minimum absolute atomic E-state index is 0.0841. The quantitative estimate of drug-likeness (QED) is 0.869. The van der Waals surface area contributed by atoms with E-state index in [2.05, 4.69) is 6.92 Å². The minimum Gasteiger partial charge on any atom is -0.467 e. The molecule has 0 bridgehead atoms. The zero-order valence-corrected chi connectivity index (χ0v) is 12.4. The molecule has 0 atom stereocenters. The van der Waals surface area contributed by atoms with Crippen molar-refractivity contribution >= 4 is 5.91 Å². The molecule has 0 aromatic carbocycles. The third-order valence-corrected chi connectivity index (χ3v) is 4.09. The molecule has 1 heterocycles. The van der Waals surface area contributed by atoms with Crippen LogP contribution in [0, 0.1) is 5.92 Å². The maximum Gasteiger partial charge on any atom is 0.257 e. The average molecular weight is 278 g/mol. The molecule has 2 rings (SSSR count). The summed E-state index contributed by atoms with van der Waals surface area (Å²) >= 11 is 0. The summed E-state index contributed by atoms with van der Waals surface area (Å²) in [6.45, 7) is 4.15. The van der Waals surface area contributed by atoms with Crippen molar-refractivity contribution < 1.29 is 9.21 Å². The van der Waals surface area contributed by atoms with Crippen molar-refractivity contribution in [2.75, 3.05) is 13.1 Å². The minimum atomic E-state index is 0.0841. The van der Waals surface area contributed by atoms with E-state index in [-0.39, 0.29) is 5.91 Å². The second-order valence-corrected chi connectivity index (χ2v) is 5.76. The Morgan fingerprint density at radius 3 is 2.75 bits per heavy atom. The number of hydrogen-bond acceptors (Lipinski definition) is 3. The molecule has 1 saturated carbocycles. The van der Waals surface area contributed by atoms with Crippen molar-refractivity contribution in [3.8, 4) is 0 Å². The molecular formula is C16H26N2O2. The molecule has 0 saturated heterocycles. The van der Waals surface area contributed by atoms with E-state index >= 15 is 0 Å². The number of furan rings is 1. The van der Waals surface area contributed by atoms with Crippen LogP contribution in [0.15, 0.2) is 16.7 Å². The Morgan fingerprint density at radius 1 is 1.40 bits per heavy atom. The van der Waals surface area contributed by atoms with Gasteiger partial charge in [-0.3, -0.25) is 4.79 Å². The Morgan fingerprint density at radius 2 is 2.15 bits per heavy atom. The number of hydrogen-bond donors (Lipinski definition) is 1. The molecule has 1 aromatic heterocycles. The van der Waals surface area contributed by atoms with Crippen LogP contribution in [0.5, 0.6) is 0 Å². The summed E-state index contributed by atoms with van der Waals surface area (Å²) in [5.74, 6) is 1.42. The van der Waals surface area contributed by atoms with Crippen LogP contribution < -0.4 is 5.73 Å². The van der Waals surface area contributed by atoms with Gasteiger partial charge >= 0.3 is 0 Å². The summed E-state index contributed by atoms with van der Waals surface area (Å²) in [5, 5.41) is 0. The molecule has 1 aromatic rings. The van der Waals surface area contributed by atoms with E-state index in [4.69, 9.17) is 10.2 Å². The summed E-state index contributed by atoms with van der Waals surface area (Å²) in [6.07, 6.45) is 9.00. The largest absolute Gasteiger partial charge is 0.467 e. The Labute approximate surface area is 121 Å². The lowest BCUT2D eigenvalue weighted by atomic mass is 9.89. The highest BCUT2D eigenvalue weighted by atomic mass is 16.3. The van der Waals surface area contributed by atoms with Gasteiger partial charge < -0.3 is 15.1 Å². The van der Waals surface area contributed by atoms with Crippen LogP contribution in [-0.4, -0.2) is 23.9 Å². The number of nitrogens with zero attached hydrogens (tertiary/aromatic N) is 1. The molecule has 4 nitrogen and oxygen atoms in total. The lowest BCUT2D eigenvalue weighted by Crippen LogP contribution is -2.36. The van der Waals surface area contributed by atoms with Gasteiger partial charge in [0.2, 0.25) is 0 Å². The number of carbonyl (C=O) groups is 1. The fourth-order valence-electron chi connectivity index (χ4n) is 3.01. The Hall–Kier alpha value is -1.29. The van der Waals surface area contributed by atoms with Crippen LogP contribution in [-0.2, 0) is 6.54 Å². The van der Waals surface area contributed by atoms with Gasteiger partial charge in [-0.1, -0.05) is 26.2 Å². The van der Waals surface area contributed by atoms with E-state index in [1.807, 2.05) is 4.90 Å². The number of amides is 1. The summed E-state index contributed by atoms with van der Waals surface area (Å²) in [6, 6.07) is 1.77. The normalized spacial score (nSPS) is 16.3. The van der Waals surface area contributed by atoms with Crippen LogP contribution in [0.1, 0.15) is 61.6 Å². The van der Waals surface area contributed by atoms with Gasteiger partial charge in [-0.2, -0.15) is 0 Å². The first kappa shape index (κ1) is 15.1. The van der Waals surface area contributed by atoms with Gasteiger partial charge in [-0.15, -0.1) is 0 Å². The zero-order chi connectivity index (χ0) is 14.4. The van der Waals surface area contributed by atoms with E-state index in [1.54, 1.807) is 6.07 Å². The summed E-state index contributed by atoms with van der Waals surface area (Å²) in [5.41, 5.74) is 6.16. The first-order valence-corrected chi connectivity index (χ1v) is 7.81. The molecule has 0 radical (unpaired) electrons. The van der Waals surface area contributed by atoms with E-state index in [0.29, 0.717) is 23.8 Å². The second kappa shape index (κ2) is 7.48. The number of carbonyl (C=O) groups excluding carboxylic acids is 1. The van der Waals surface area contributed by atoms with Gasteiger partial charge in [-0.25, -0.2) is 0 Å². The number of rotatable bonds is 6. The zero-order valence-electron chi connectivity index (χ0n) is 12.4. The molecule has 0 spiro atoms. The van der Waals surface area contributed by atoms with Gasteiger partial charge in [0, 0.05) is 13.1 Å². The topological polar surface area (TPSA) is 59.5 Å². The Bertz CT molecular complexity index is 422. The van der Waals surface area contributed by atoms with Crippen molar-refractivity contribution in [2.45, 2.75) is 52.0 Å². The molecule has 0 unspecified atom stereocenters. The molecule has 112 valence electrons. The van der Waals surface area contributed by atoms with Crippen molar-refractivity contribution in [3.05, 3.63) is 23.7 Å². The monoisotopic (exact) mass is 278 g/mol. The summed E-state index contributed by atoms with van der Waals surface area (Å²) in [4.78, 5) is 14.6. The van der Waals surface area contributed by atoms with Crippen LogP contribution in [0.4, 0.5) is 0 Å². The number of nitrogens with two attached hydrogens (primary N) is 1. The van der Waals surface area contributed by atoms with Crippen LogP contribution in [0.25, 0.3) is 0 Å². The highest BCUT2D eigenvalue weighted by Crippen LogP contribution is 2.25. The molecule has 1 amide bonds. The summed E-state index contributed by atoms with van der Waals surface area (Å²) in [7, 11) is 0. The van der Waals surface area contributed by atoms with Crippen molar-refractivity contribution in [1.29, 1.82) is 0 Å². The lowest BCUT2D eigenvalue weighted by molar-refractivity contribution is 0.0713. The molecule has 1 aliphatic carbocycles. The highest BCUT2D eigenvalue weighted by molar-refractivity contribution is 5.94. The maximum absolute atomic E-state index is 12.6. The predicted octanol–water partition coefficient (Wildman–Crippen LogP) is 3.17. The predicted molar refractivity (Wildman–Crippen MR) is 79.4 cm³/mol. The van der Waals surface area contributed by atoms with Crippen LogP contribution >= 0.6 is 0 Å². The maximum atomic E-state index is 12.6. The SMILES string of the molecule is CCCN(CC1CCCCC1)C(=O)c1coc(CN)c1. The van der Waals surface area contributed by atoms with Gasteiger partial charge in [-0.05, 0) is 31.2 Å². The molecule has 20 heavy (non-hydrogen) atoms. The van der Waals surface area contributed by atoms with E-state index in [1.165, 1.54) is 38.4 Å². The first-order valence-electron chi connectivity index (χ1n) is 7.81. The van der Waals surface area contributed by atoms with E-state index < -0.39 is 0 Å². The van der Waals surface area contributed by atoms with Gasteiger partial charge in [0.05, 0.1) is 12.1 Å². The molecule has 1 fully saturated rings. The molecular weight excluding hydrogens is 252 g/mol. The third kappa shape index (κ3) is 3.85. The highest BCUT2D eigenvalue weighted by Gasteiger charge is 2.22. The van der Waals surface area contributed by atoms with E-state index in [9.17, 15) is 4.79 Å². The summed E-state index contributed by atoms with van der Waals surface area (Å²) < 4.78 is 5.28. The lowest BCUT2D eigenvalue weighted by Gasteiger charge is -2.29. The molecule has 0 aliphatic heterocycles. The van der Waals surface area contributed by atoms with Gasteiger partial charge in [0.1, 0.15) is 12.0 Å². The van der Waals surface area contributed by atoms with E-state index in [0.717, 1.165) is 19.5 Å². The molecule has 2 N–H and O–H groups in total. The first-order chi connectivity index (χ1) is 9.74. The Kier molecular flexibility index (Phi) is 5.65. The standard InChI is InChI=1S/C16H26N2O2/c1-2-8-18(11-13-6-4-3-5-7-13)16(19)14-9-15(10-17)20-12-14/h9,12-13H,2-8,10-11,17H2,1H3. The fourth-order valence-corrected chi connectivity index (χ4v) is 3.01. The smallest absolute Gasteiger partial charge is 0.257 e. The Balaban J connectivity index is 2.00. The van der Waals surface area contributed by atoms with Crippen LogP contribution in [0.3, 0.4) is 0 Å². The third-order valence-electron chi connectivity index (χ3n) is 4.09. The van der Waals surface area contributed by atoms with Gasteiger partial charge in [0.25, 0.3) is 5.91 Å². The van der Waals surface area contributed by atoms with Crippen molar-refractivity contribution in [3.63, 3.8) is 0 Å². The fraction of sp³-hybridized carbons (Fsp3) is 0.688. The van der Waals surface area contributed by atoms with Crippen molar-refractivity contribution in [2.24, 2.45) is 11.7 Å². The molecule has 1 aliphatic rings. The second-order valence-electron chi connectivity index (χ2n) is 5.76. The van der Waals surface area contributed by atoms with Crippen LogP contribution in [0.2, 0.25) is 0 Å². The van der Waals surface area contributed by atoms with Gasteiger partial charge in [0.15, 0.2) is 0 Å². The van der Waals surface area contributed by atoms with Crippen molar-refractivity contribution in [1.82, 2.24) is 4.90 Å². The average Bonchev–Trinajstić information content (AvgIpc) is 2.96.